The van der Waals surface area contributed by atoms with Gasteiger partial charge in [0.25, 0.3) is 0 Å². The van der Waals surface area contributed by atoms with Gasteiger partial charge >= 0.3 is 0 Å². The zero-order valence-corrected chi connectivity index (χ0v) is 11.1. The summed E-state index contributed by atoms with van der Waals surface area (Å²) in [6.07, 6.45) is 2.95. The zero-order chi connectivity index (χ0) is 14.0. The van der Waals surface area contributed by atoms with Crippen LogP contribution >= 0.6 is 0 Å². The molecular formula is C12H11N5O2S. The molecule has 0 bridgehead atoms. The molecule has 0 saturated heterocycles. The summed E-state index contributed by atoms with van der Waals surface area (Å²) in [5, 5.41) is 6.85. The van der Waals surface area contributed by atoms with Crippen LogP contribution in [-0.4, -0.2) is 28.6 Å². The molecule has 2 heterocycles. The van der Waals surface area contributed by atoms with Crippen molar-refractivity contribution in [2.45, 2.75) is 11.4 Å². The van der Waals surface area contributed by atoms with Gasteiger partial charge < -0.3 is 0 Å². The number of fused-ring (bicyclic) bond motifs is 1. The molecule has 0 radical (unpaired) electrons. The molecule has 2 aromatic heterocycles. The lowest BCUT2D eigenvalue weighted by Gasteiger charge is -2.08. The van der Waals surface area contributed by atoms with E-state index in [1.165, 1.54) is 6.33 Å². The van der Waals surface area contributed by atoms with Crippen molar-refractivity contribution in [3.05, 3.63) is 48.7 Å². The first-order valence-corrected chi connectivity index (χ1v) is 7.33. The third-order valence-corrected chi connectivity index (χ3v) is 4.25. The van der Waals surface area contributed by atoms with E-state index >= 15 is 0 Å². The lowest BCUT2D eigenvalue weighted by molar-refractivity contribution is 0.580. The van der Waals surface area contributed by atoms with Gasteiger partial charge in [0.1, 0.15) is 12.2 Å². The Morgan fingerprint density at radius 3 is 2.85 bits per heavy atom. The number of sulfonamides is 1. The van der Waals surface area contributed by atoms with Gasteiger partial charge in [-0.3, -0.25) is 10.1 Å². The molecule has 0 aliphatic heterocycles. The molecule has 2 N–H and O–H groups in total. The van der Waals surface area contributed by atoms with Gasteiger partial charge in [-0.05, 0) is 24.3 Å². The van der Waals surface area contributed by atoms with Gasteiger partial charge in [-0.2, -0.15) is 5.10 Å². The molecule has 0 atom stereocenters. The van der Waals surface area contributed by atoms with Crippen LogP contribution in [0.5, 0.6) is 0 Å². The van der Waals surface area contributed by atoms with Crippen LogP contribution in [0, 0.1) is 0 Å². The lowest BCUT2D eigenvalue weighted by atomic mass is 10.2. The molecule has 7 nitrogen and oxygen atoms in total. The molecule has 0 unspecified atom stereocenters. The van der Waals surface area contributed by atoms with Crippen LogP contribution in [0.2, 0.25) is 0 Å². The molecular weight excluding hydrogens is 278 g/mol. The molecule has 3 aromatic rings. The Morgan fingerprint density at radius 1 is 1.15 bits per heavy atom. The van der Waals surface area contributed by atoms with Crippen molar-refractivity contribution in [3.63, 3.8) is 0 Å². The van der Waals surface area contributed by atoms with E-state index in [1.54, 1.807) is 36.5 Å². The second-order valence-electron chi connectivity index (χ2n) is 4.08. The third kappa shape index (κ3) is 2.38. The number of hydrogen-bond acceptors (Lipinski definition) is 5. The van der Waals surface area contributed by atoms with E-state index in [0.29, 0.717) is 16.7 Å². The number of nitrogens with zero attached hydrogens (tertiary/aromatic N) is 3. The first-order valence-electron chi connectivity index (χ1n) is 5.84. The average Bonchev–Trinajstić information content (AvgIpc) is 2.98. The summed E-state index contributed by atoms with van der Waals surface area (Å²) in [5.41, 5.74) is 0.634. The molecule has 0 amide bonds. The van der Waals surface area contributed by atoms with Crippen LogP contribution in [0.15, 0.2) is 47.8 Å². The summed E-state index contributed by atoms with van der Waals surface area (Å²) in [5.74, 6) is 0.451. The van der Waals surface area contributed by atoms with Gasteiger partial charge in [0.05, 0.1) is 17.0 Å². The quantitative estimate of drug-likeness (QED) is 0.741. The van der Waals surface area contributed by atoms with Crippen molar-refractivity contribution in [1.82, 2.24) is 24.9 Å². The fourth-order valence-electron chi connectivity index (χ4n) is 1.87. The summed E-state index contributed by atoms with van der Waals surface area (Å²) in [4.78, 5) is 8.21. The number of aromatic nitrogens is 4. The SMILES string of the molecule is O=S(=O)(NCc1ncn[nH]1)c1cccc2ncccc12. The molecule has 0 fully saturated rings. The molecule has 0 aliphatic carbocycles. The molecule has 0 aliphatic rings. The minimum Gasteiger partial charge on any atom is -0.262 e. The van der Waals surface area contributed by atoms with Crippen molar-refractivity contribution < 1.29 is 8.42 Å². The smallest absolute Gasteiger partial charge is 0.241 e. The summed E-state index contributed by atoms with van der Waals surface area (Å²) < 4.78 is 27.2. The van der Waals surface area contributed by atoms with Crippen molar-refractivity contribution in [1.29, 1.82) is 0 Å². The highest BCUT2D eigenvalue weighted by atomic mass is 32.2. The topological polar surface area (TPSA) is 101 Å². The highest BCUT2D eigenvalue weighted by molar-refractivity contribution is 7.89. The number of nitrogens with one attached hydrogen (secondary N) is 2. The average molecular weight is 289 g/mol. The first kappa shape index (κ1) is 12.7. The van der Waals surface area contributed by atoms with E-state index in [1.807, 2.05) is 0 Å². The second kappa shape index (κ2) is 4.99. The minimum absolute atomic E-state index is 0.0545. The number of H-pyrrole nitrogens is 1. The maximum absolute atomic E-state index is 12.3. The molecule has 1 aromatic carbocycles. The second-order valence-corrected chi connectivity index (χ2v) is 5.82. The fourth-order valence-corrected chi connectivity index (χ4v) is 3.07. The third-order valence-electron chi connectivity index (χ3n) is 2.79. The van der Waals surface area contributed by atoms with E-state index in [4.69, 9.17) is 0 Å². The van der Waals surface area contributed by atoms with Crippen molar-refractivity contribution in [2.24, 2.45) is 0 Å². The summed E-state index contributed by atoms with van der Waals surface area (Å²) in [7, 11) is -3.64. The summed E-state index contributed by atoms with van der Waals surface area (Å²) >= 11 is 0. The van der Waals surface area contributed by atoms with Crippen LogP contribution < -0.4 is 4.72 Å². The number of hydrogen-bond donors (Lipinski definition) is 2. The predicted octanol–water partition coefficient (Wildman–Crippen LogP) is 0.831. The van der Waals surface area contributed by atoms with Crippen LogP contribution in [0.25, 0.3) is 10.9 Å². The number of benzene rings is 1. The van der Waals surface area contributed by atoms with Crippen molar-refractivity contribution in [2.75, 3.05) is 0 Å². The standard InChI is InChI=1S/C12H11N5O2S/c18-20(19,16-7-12-14-8-15-17-12)11-5-1-4-10-9(11)3-2-6-13-10/h1-6,8,16H,7H2,(H,14,15,17). The molecule has 8 heteroatoms. The molecule has 0 saturated carbocycles. The van der Waals surface area contributed by atoms with E-state index in [-0.39, 0.29) is 11.4 Å². The molecule has 0 spiro atoms. The Morgan fingerprint density at radius 2 is 2.05 bits per heavy atom. The van der Waals surface area contributed by atoms with Crippen molar-refractivity contribution in [3.8, 4) is 0 Å². The van der Waals surface area contributed by atoms with E-state index in [2.05, 4.69) is 24.9 Å². The first-order chi connectivity index (χ1) is 9.67. The Hall–Kier alpha value is -2.32. The van der Waals surface area contributed by atoms with E-state index in [0.717, 1.165) is 0 Å². The number of aromatic amines is 1. The Bertz CT molecular complexity index is 825. The van der Waals surface area contributed by atoms with Crippen molar-refractivity contribution >= 4 is 20.9 Å². The largest absolute Gasteiger partial charge is 0.262 e. The number of pyridine rings is 1. The van der Waals surface area contributed by atoms with Gasteiger partial charge in [0.15, 0.2) is 0 Å². The Labute approximate surface area is 115 Å². The van der Waals surface area contributed by atoms with Gasteiger partial charge in [0.2, 0.25) is 10.0 Å². The monoisotopic (exact) mass is 289 g/mol. The van der Waals surface area contributed by atoms with E-state index < -0.39 is 10.0 Å². The lowest BCUT2D eigenvalue weighted by Crippen LogP contribution is -2.24. The number of rotatable bonds is 4. The zero-order valence-electron chi connectivity index (χ0n) is 10.3. The van der Waals surface area contributed by atoms with Crippen LogP contribution in [0.3, 0.4) is 0 Å². The van der Waals surface area contributed by atoms with Gasteiger partial charge in [0, 0.05) is 11.6 Å². The summed E-state index contributed by atoms with van der Waals surface area (Å²) in [6, 6.07) is 8.42. The van der Waals surface area contributed by atoms with Gasteiger partial charge in [-0.25, -0.2) is 18.1 Å². The Kier molecular flexibility index (Phi) is 3.17. The normalized spacial score (nSPS) is 11.8. The highest BCUT2D eigenvalue weighted by Crippen LogP contribution is 2.20. The molecule has 20 heavy (non-hydrogen) atoms. The minimum atomic E-state index is -3.64. The highest BCUT2D eigenvalue weighted by Gasteiger charge is 2.17. The maximum atomic E-state index is 12.3. The van der Waals surface area contributed by atoms with E-state index in [9.17, 15) is 8.42 Å². The summed E-state index contributed by atoms with van der Waals surface area (Å²) in [6.45, 7) is 0.0545. The van der Waals surface area contributed by atoms with Crippen LogP contribution in [0.1, 0.15) is 5.82 Å². The maximum Gasteiger partial charge on any atom is 0.241 e. The molecule has 3 rings (SSSR count). The molecule has 102 valence electrons. The predicted molar refractivity (Wildman–Crippen MR) is 72.2 cm³/mol. The van der Waals surface area contributed by atoms with Crippen LogP contribution in [0.4, 0.5) is 0 Å². The van der Waals surface area contributed by atoms with Crippen LogP contribution in [-0.2, 0) is 16.6 Å². The Balaban J connectivity index is 1.97. The fraction of sp³-hybridized carbons (Fsp3) is 0.0833. The van der Waals surface area contributed by atoms with Gasteiger partial charge in [-0.15, -0.1) is 0 Å². The van der Waals surface area contributed by atoms with Gasteiger partial charge in [-0.1, -0.05) is 6.07 Å².